The quantitative estimate of drug-likeness (QED) is 0.585. The second kappa shape index (κ2) is 7.71. The Morgan fingerprint density at radius 3 is 2.61 bits per heavy atom. The molecule has 1 fully saturated rings. The van der Waals surface area contributed by atoms with Crippen molar-refractivity contribution in [2.24, 2.45) is 0 Å². The average Bonchev–Trinajstić information content (AvgIpc) is 2.48. The number of nitro benzene ring substituents is 1. The third kappa shape index (κ3) is 5.77. The number of nitrogens with zero attached hydrogens (tertiary/aromatic N) is 2. The van der Waals surface area contributed by atoms with Crippen molar-refractivity contribution in [3.63, 3.8) is 0 Å². The number of nitro groups is 1. The molecule has 9 heteroatoms. The molecule has 1 aliphatic rings. The topological polar surface area (TPSA) is 102 Å². The van der Waals surface area contributed by atoms with Crippen molar-refractivity contribution >= 4 is 15.7 Å². The summed E-state index contributed by atoms with van der Waals surface area (Å²) < 4.78 is 30.5. The second-order valence-electron chi connectivity index (χ2n) is 5.58. The first-order valence-corrected chi connectivity index (χ1v) is 9.30. The molecule has 0 amide bonds. The van der Waals surface area contributed by atoms with Crippen LogP contribution >= 0.6 is 0 Å². The van der Waals surface area contributed by atoms with Crippen LogP contribution in [0.2, 0.25) is 0 Å². The van der Waals surface area contributed by atoms with E-state index in [2.05, 4.69) is 9.62 Å². The van der Waals surface area contributed by atoms with Gasteiger partial charge in [-0.2, -0.15) is 0 Å². The van der Waals surface area contributed by atoms with E-state index >= 15 is 0 Å². The maximum Gasteiger partial charge on any atom is 0.310 e. The summed E-state index contributed by atoms with van der Waals surface area (Å²) in [5, 5.41) is 10.9. The summed E-state index contributed by atoms with van der Waals surface area (Å²) in [5.74, 6) is 0.270. The number of piperidine rings is 1. The van der Waals surface area contributed by atoms with Gasteiger partial charge in [0.1, 0.15) is 6.61 Å². The molecule has 128 valence electrons. The van der Waals surface area contributed by atoms with Gasteiger partial charge in [-0.05, 0) is 32.0 Å². The van der Waals surface area contributed by atoms with E-state index in [-0.39, 0.29) is 17.5 Å². The predicted octanol–water partition coefficient (Wildman–Crippen LogP) is 0.987. The Hall–Kier alpha value is -1.71. The van der Waals surface area contributed by atoms with Gasteiger partial charge in [0.25, 0.3) is 0 Å². The lowest BCUT2D eigenvalue weighted by molar-refractivity contribution is -0.385. The van der Waals surface area contributed by atoms with Crippen LogP contribution in [0.5, 0.6) is 5.75 Å². The molecule has 23 heavy (non-hydrogen) atoms. The molecule has 0 saturated carbocycles. The van der Waals surface area contributed by atoms with Gasteiger partial charge in [-0.25, -0.2) is 13.1 Å². The molecule has 8 nitrogen and oxygen atoms in total. The number of hydrogen-bond acceptors (Lipinski definition) is 6. The maximum atomic E-state index is 11.2. The predicted molar refractivity (Wildman–Crippen MR) is 86.0 cm³/mol. The third-order valence-electron chi connectivity index (χ3n) is 3.70. The van der Waals surface area contributed by atoms with Crippen molar-refractivity contribution in [1.82, 2.24) is 9.62 Å². The molecule has 1 N–H and O–H groups in total. The highest BCUT2D eigenvalue weighted by Crippen LogP contribution is 2.25. The second-order valence-corrected chi connectivity index (χ2v) is 7.36. The first kappa shape index (κ1) is 17.6. The fraction of sp³-hybridized carbons (Fsp3) is 0.571. The van der Waals surface area contributed by atoms with Gasteiger partial charge in [0.05, 0.1) is 11.2 Å². The van der Waals surface area contributed by atoms with Gasteiger partial charge in [-0.1, -0.05) is 12.1 Å². The molecule has 1 saturated heterocycles. The lowest BCUT2D eigenvalue weighted by atomic mass is 10.1. The number of likely N-dealkylation sites (tertiary alicyclic amines) is 1. The van der Waals surface area contributed by atoms with Crippen molar-refractivity contribution in [3.8, 4) is 5.75 Å². The lowest BCUT2D eigenvalue weighted by Crippen LogP contribution is -2.45. The molecule has 0 radical (unpaired) electrons. The summed E-state index contributed by atoms with van der Waals surface area (Å²) in [6, 6.07) is 6.28. The molecule has 2 rings (SSSR count). The fourth-order valence-electron chi connectivity index (χ4n) is 2.59. The lowest BCUT2D eigenvalue weighted by Gasteiger charge is -2.31. The summed E-state index contributed by atoms with van der Waals surface area (Å²) >= 11 is 0. The van der Waals surface area contributed by atoms with Crippen LogP contribution in [0.1, 0.15) is 12.8 Å². The molecular weight excluding hydrogens is 322 g/mol. The molecule has 1 aromatic carbocycles. The van der Waals surface area contributed by atoms with E-state index in [1.807, 2.05) is 0 Å². The maximum absolute atomic E-state index is 11.2. The molecule has 0 spiro atoms. The largest absolute Gasteiger partial charge is 0.485 e. The van der Waals surface area contributed by atoms with Crippen LogP contribution < -0.4 is 9.46 Å². The van der Waals surface area contributed by atoms with E-state index < -0.39 is 14.9 Å². The highest BCUT2D eigenvalue weighted by molar-refractivity contribution is 7.88. The average molecular weight is 343 g/mol. The van der Waals surface area contributed by atoms with E-state index in [0.29, 0.717) is 13.2 Å². The number of nitrogens with one attached hydrogen (secondary N) is 1. The first-order valence-electron chi connectivity index (χ1n) is 7.41. The van der Waals surface area contributed by atoms with Gasteiger partial charge in [-0.15, -0.1) is 0 Å². The Labute approximate surface area is 135 Å². The molecule has 1 heterocycles. The van der Waals surface area contributed by atoms with Crippen LogP contribution in [0, 0.1) is 10.1 Å². The smallest absolute Gasteiger partial charge is 0.310 e. The highest BCUT2D eigenvalue weighted by Gasteiger charge is 2.21. The van der Waals surface area contributed by atoms with Crippen LogP contribution in [0.3, 0.4) is 0 Å². The zero-order chi connectivity index (χ0) is 16.9. The van der Waals surface area contributed by atoms with Crippen molar-refractivity contribution in [2.75, 3.05) is 32.5 Å². The molecule has 1 aromatic rings. The third-order valence-corrected chi connectivity index (χ3v) is 4.46. The molecule has 0 unspecified atom stereocenters. The number of ether oxygens (including phenoxy) is 1. The Morgan fingerprint density at radius 1 is 1.35 bits per heavy atom. The molecule has 0 atom stereocenters. The number of hydrogen-bond donors (Lipinski definition) is 1. The fourth-order valence-corrected chi connectivity index (χ4v) is 3.43. The number of rotatable bonds is 7. The Morgan fingerprint density at radius 2 is 2.00 bits per heavy atom. The zero-order valence-electron chi connectivity index (χ0n) is 13.0. The molecule has 1 aliphatic heterocycles. The first-order chi connectivity index (χ1) is 10.8. The Kier molecular flexibility index (Phi) is 5.91. The van der Waals surface area contributed by atoms with E-state index in [4.69, 9.17) is 4.74 Å². The van der Waals surface area contributed by atoms with E-state index in [0.717, 1.165) is 25.9 Å². The van der Waals surface area contributed by atoms with Gasteiger partial charge < -0.3 is 4.74 Å². The van der Waals surface area contributed by atoms with Gasteiger partial charge in [-0.3, -0.25) is 15.0 Å². The summed E-state index contributed by atoms with van der Waals surface area (Å²) in [6.07, 6.45) is 2.66. The molecule has 0 aromatic heterocycles. The SMILES string of the molecule is CS(=O)(=O)NC1CCN(CCOc2ccccc2[N+](=O)[O-])CC1. The minimum atomic E-state index is -3.16. The monoisotopic (exact) mass is 343 g/mol. The summed E-state index contributed by atoms with van der Waals surface area (Å²) in [5.41, 5.74) is -0.0384. The van der Waals surface area contributed by atoms with Crippen LogP contribution in [0.25, 0.3) is 0 Å². The summed E-state index contributed by atoms with van der Waals surface area (Å²) in [6.45, 7) is 2.55. The number of para-hydroxylation sites is 2. The number of benzene rings is 1. The minimum absolute atomic E-state index is 0.0163. The van der Waals surface area contributed by atoms with Crippen LogP contribution in [0.4, 0.5) is 5.69 Å². The van der Waals surface area contributed by atoms with Crippen LogP contribution in [-0.4, -0.2) is 56.8 Å². The van der Waals surface area contributed by atoms with E-state index in [9.17, 15) is 18.5 Å². The van der Waals surface area contributed by atoms with Gasteiger partial charge in [0, 0.05) is 18.7 Å². The van der Waals surface area contributed by atoms with E-state index in [1.54, 1.807) is 18.2 Å². The molecular formula is C14H21N3O5S. The van der Waals surface area contributed by atoms with Crippen molar-refractivity contribution < 1.29 is 18.1 Å². The number of sulfonamides is 1. The minimum Gasteiger partial charge on any atom is -0.485 e. The summed E-state index contributed by atoms with van der Waals surface area (Å²) in [7, 11) is -3.16. The van der Waals surface area contributed by atoms with Gasteiger partial charge in [0.15, 0.2) is 5.75 Å². The van der Waals surface area contributed by atoms with Gasteiger partial charge >= 0.3 is 5.69 Å². The van der Waals surface area contributed by atoms with Crippen LogP contribution in [-0.2, 0) is 10.0 Å². The Bertz CT molecular complexity index is 642. The summed E-state index contributed by atoms with van der Waals surface area (Å²) in [4.78, 5) is 12.6. The Balaban J connectivity index is 1.75. The molecule has 0 aliphatic carbocycles. The van der Waals surface area contributed by atoms with E-state index in [1.165, 1.54) is 12.3 Å². The highest BCUT2D eigenvalue weighted by atomic mass is 32.2. The van der Waals surface area contributed by atoms with Crippen LogP contribution in [0.15, 0.2) is 24.3 Å². The standard InChI is InChI=1S/C14H21N3O5S/c1-23(20,21)15-12-6-8-16(9-7-12)10-11-22-14-5-3-2-4-13(14)17(18)19/h2-5,12,15H,6-11H2,1H3. The van der Waals surface area contributed by atoms with Crippen molar-refractivity contribution in [2.45, 2.75) is 18.9 Å². The zero-order valence-corrected chi connectivity index (χ0v) is 13.8. The molecule has 0 bridgehead atoms. The van der Waals surface area contributed by atoms with Crippen molar-refractivity contribution in [3.05, 3.63) is 34.4 Å². The van der Waals surface area contributed by atoms with Crippen molar-refractivity contribution in [1.29, 1.82) is 0 Å². The normalized spacial score (nSPS) is 17.1. The van der Waals surface area contributed by atoms with Gasteiger partial charge in [0.2, 0.25) is 10.0 Å².